The molecule has 0 saturated heterocycles. The maximum absolute atomic E-state index is 9.01. The molecular weight excluding hydrogens is 230 g/mol. The molecule has 0 aliphatic heterocycles. The molecule has 0 aliphatic carbocycles. The molecule has 86 valence electrons. The van der Waals surface area contributed by atoms with Crippen molar-refractivity contribution in [2.75, 3.05) is 7.05 Å². The summed E-state index contributed by atoms with van der Waals surface area (Å²) in [7, 11) is 2.04. The third kappa shape index (κ3) is 3.13. The zero-order valence-corrected chi connectivity index (χ0v) is 10.4. The molecule has 3 nitrogen and oxygen atoms in total. The Labute approximate surface area is 105 Å². The van der Waals surface area contributed by atoms with Crippen LogP contribution in [-0.4, -0.2) is 16.9 Å². The molecule has 0 spiro atoms. The molecule has 0 N–H and O–H groups in total. The van der Waals surface area contributed by atoms with E-state index in [2.05, 4.69) is 16.0 Å². The second kappa shape index (κ2) is 5.58. The van der Waals surface area contributed by atoms with Crippen LogP contribution in [0.15, 0.2) is 35.2 Å². The maximum Gasteiger partial charge on any atom is 0.0995 e. The van der Waals surface area contributed by atoms with Gasteiger partial charge in [0.15, 0.2) is 0 Å². The van der Waals surface area contributed by atoms with Crippen LogP contribution in [0, 0.1) is 11.3 Å². The third-order valence-corrected chi connectivity index (χ3v) is 3.13. The molecule has 0 atom stereocenters. The molecule has 0 bridgehead atoms. The van der Waals surface area contributed by atoms with Crippen molar-refractivity contribution in [2.45, 2.75) is 13.1 Å². The summed E-state index contributed by atoms with van der Waals surface area (Å²) in [5.74, 6) is 0. The van der Waals surface area contributed by atoms with Gasteiger partial charge < -0.3 is 0 Å². The standard InChI is InChI=1S/C13H13N3S/c1-16(8-13-9-17-10-15-13)7-12-5-3-2-4-11(12)6-14/h2-5,9-10H,7-8H2,1H3. The fraction of sp³-hybridized carbons (Fsp3) is 0.231. The van der Waals surface area contributed by atoms with Crippen LogP contribution in [0.1, 0.15) is 16.8 Å². The first-order valence-corrected chi connectivity index (χ1v) is 6.27. The molecule has 2 rings (SSSR count). The highest BCUT2D eigenvalue weighted by Crippen LogP contribution is 2.12. The van der Waals surface area contributed by atoms with Gasteiger partial charge in [0.2, 0.25) is 0 Å². The fourth-order valence-corrected chi connectivity index (χ4v) is 2.26. The zero-order valence-electron chi connectivity index (χ0n) is 9.63. The Bertz CT molecular complexity index is 514. The van der Waals surface area contributed by atoms with E-state index in [0.717, 1.165) is 29.9 Å². The minimum Gasteiger partial charge on any atom is -0.296 e. The molecule has 4 heteroatoms. The quantitative estimate of drug-likeness (QED) is 0.828. The zero-order chi connectivity index (χ0) is 12.1. The highest BCUT2D eigenvalue weighted by atomic mass is 32.1. The summed E-state index contributed by atoms with van der Waals surface area (Å²) in [6.07, 6.45) is 0. The minimum atomic E-state index is 0.748. The summed E-state index contributed by atoms with van der Waals surface area (Å²) in [6, 6.07) is 9.93. The Kier molecular flexibility index (Phi) is 3.86. The SMILES string of the molecule is CN(Cc1cscn1)Cc1ccccc1C#N. The van der Waals surface area contributed by atoms with Crippen LogP contribution >= 0.6 is 11.3 Å². The highest BCUT2D eigenvalue weighted by Gasteiger charge is 2.06. The molecule has 2 aromatic rings. The average Bonchev–Trinajstić information content (AvgIpc) is 2.82. The summed E-state index contributed by atoms with van der Waals surface area (Å²) in [5, 5.41) is 11.1. The van der Waals surface area contributed by atoms with Gasteiger partial charge in [-0.2, -0.15) is 5.26 Å². The monoisotopic (exact) mass is 243 g/mol. The van der Waals surface area contributed by atoms with Gasteiger partial charge in [-0.1, -0.05) is 18.2 Å². The lowest BCUT2D eigenvalue weighted by Gasteiger charge is -2.15. The number of aromatic nitrogens is 1. The Morgan fingerprint density at radius 1 is 1.35 bits per heavy atom. The fourth-order valence-electron chi connectivity index (χ4n) is 1.71. The van der Waals surface area contributed by atoms with Crippen LogP contribution in [-0.2, 0) is 13.1 Å². The Balaban J connectivity index is 2.03. The summed E-state index contributed by atoms with van der Waals surface area (Å²) >= 11 is 1.61. The van der Waals surface area contributed by atoms with Crippen molar-refractivity contribution in [1.29, 1.82) is 5.26 Å². The number of nitrogens with zero attached hydrogens (tertiary/aromatic N) is 3. The summed E-state index contributed by atoms with van der Waals surface area (Å²) in [5.41, 5.74) is 4.73. The number of rotatable bonds is 4. The van der Waals surface area contributed by atoms with Gasteiger partial charge in [-0.15, -0.1) is 11.3 Å². The number of hydrogen-bond acceptors (Lipinski definition) is 4. The van der Waals surface area contributed by atoms with Crippen LogP contribution in [0.4, 0.5) is 0 Å². The second-order valence-electron chi connectivity index (χ2n) is 3.92. The molecule has 0 aliphatic rings. The van der Waals surface area contributed by atoms with Gasteiger partial charge in [0.05, 0.1) is 22.8 Å². The number of benzene rings is 1. The Hall–Kier alpha value is -1.70. The summed E-state index contributed by atoms with van der Waals surface area (Å²) in [6.45, 7) is 1.57. The lowest BCUT2D eigenvalue weighted by molar-refractivity contribution is 0.315. The van der Waals surface area contributed by atoms with E-state index < -0.39 is 0 Å². The van der Waals surface area contributed by atoms with Crippen LogP contribution in [0.2, 0.25) is 0 Å². The lowest BCUT2D eigenvalue weighted by atomic mass is 10.1. The van der Waals surface area contributed by atoms with Crippen molar-refractivity contribution in [3.63, 3.8) is 0 Å². The van der Waals surface area contributed by atoms with Gasteiger partial charge in [-0.3, -0.25) is 4.90 Å². The van der Waals surface area contributed by atoms with E-state index in [4.69, 9.17) is 5.26 Å². The van der Waals surface area contributed by atoms with Crippen molar-refractivity contribution in [3.8, 4) is 6.07 Å². The molecule has 0 saturated carbocycles. The number of nitriles is 1. The predicted molar refractivity (Wildman–Crippen MR) is 68.4 cm³/mol. The van der Waals surface area contributed by atoms with Crippen LogP contribution < -0.4 is 0 Å². The smallest absolute Gasteiger partial charge is 0.0995 e. The molecule has 0 amide bonds. The molecule has 0 fully saturated rings. The first-order valence-electron chi connectivity index (χ1n) is 5.33. The van der Waals surface area contributed by atoms with Crippen molar-refractivity contribution in [1.82, 2.24) is 9.88 Å². The highest BCUT2D eigenvalue weighted by molar-refractivity contribution is 7.07. The summed E-state index contributed by atoms with van der Waals surface area (Å²) in [4.78, 5) is 6.41. The van der Waals surface area contributed by atoms with Gasteiger partial charge in [0.1, 0.15) is 0 Å². The number of thiazole rings is 1. The van der Waals surface area contributed by atoms with Crippen LogP contribution in [0.3, 0.4) is 0 Å². The first-order chi connectivity index (χ1) is 8.29. The van der Waals surface area contributed by atoms with Crippen LogP contribution in [0.25, 0.3) is 0 Å². The van der Waals surface area contributed by atoms with Gasteiger partial charge in [0, 0.05) is 18.5 Å². The van der Waals surface area contributed by atoms with Crippen molar-refractivity contribution in [3.05, 3.63) is 52.0 Å². The van der Waals surface area contributed by atoms with Crippen LogP contribution in [0.5, 0.6) is 0 Å². The van der Waals surface area contributed by atoms with Crippen molar-refractivity contribution >= 4 is 11.3 Å². The molecule has 1 aromatic heterocycles. The van der Waals surface area contributed by atoms with E-state index in [1.54, 1.807) is 11.3 Å². The maximum atomic E-state index is 9.01. The van der Waals surface area contributed by atoms with E-state index in [1.807, 2.05) is 42.2 Å². The molecular formula is C13H13N3S. The largest absolute Gasteiger partial charge is 0.296 e. The van der Waals surface area contributed by atoms with Gasteiger partial charge >= 0.3 is 0 Å². The molecule has 0 unspecified atom stereocenters. The van der Waals surface area contributed by atoms with Gasteiger partial charge in [0.25, 0.3) is 0 Å². The van der Waals surface area contributed by atoms with Crippen molar-refractivity contribution in [2.24, 2.45) is 0 Å². The average molecular weight is 243 g/mol. The summed E-state index contributed by atoms with van der Waals surface area (Å²) < 4.78 is 0. The predicted octanol–water partition coefficient (Wildman–Crippen LogP) is 2.65. The van der Waals surface area contributed by atoms with E-state index in [0.29, 0.717) is 0 Å². The van der Waals surface area contributed by atoms with Crippen molar-refractivity contribution < 1.29 is 0 Å². The normalized spacial score (nSPS) is 10.4. The molecule has 17 heavy (non-hydrogen) atoms. The van der Waals surface area contributed by atoms with E-state index in [1.165, 1.54) is 0 Å². The second-order valence-corrected chi connectivity index (χ2v) is 4.64. The molecule has 0 radical (unpaired) electrons. The Morgan fingerprint density at radius 2 is 2.18 bits per heavy atom. The molecule has 1 heterocycles. The third-order valence-electron chi connectivity index (χ3n) is 2.49. The number of hydrogen-bond donors (Lipinski definition) is 0. The molecule has 1 aromatic carbocycles. The van der Waals surface area contributed by atoms with Gasteiger partial charge in [-0.25, -0.2) is 4.98 Å². The van der Waals surface area contributed by atoms with E-state index in [-0.39, 0.29) is 0 Å². The van der Waals surface area contributed by atoms with E-state index in [9.17, 15) is 0 Å². The van der Waals surface area contributed by atoms with E-state index >= 15 is 0 Å². The lowest BCUT2D eigenvalue weighted by Crippen LogP contribution is -2.18. The minimum absolute atomic E-state index is 0.748. The van der Waals surface area contributed by atoms with Gasteiger partial charge in [-0.05, 0) is 18.7 Å². The topological polar surface area (TPSA) is 39.9 Å². The Morgan fingerprint density at radius 3 is 2.88 bits per heavy atom. The first kappa shape index (κ1) is 11.8.